The summed E-state index contributed by atoms with van der Waals surface area (Å²) in [6.45, 7) is 2.53. The van der Waals surface area contributed by atoms with Gasteiger partial charge in [-0.3, -0.25) is 5.32 Å². The van der Waals surface area contributed by atoms with E-state index < -0.39 is 6.23 Å². The van der Waals surface area contributed by atoms with Crippen LogP contribution < -0.4 is 10.6 Å². The van der Waals surface area contributed by atoms with Crippen LogP contribution in [0.25, 0.3) is 22.0 Å². The maximum absolute atomic E-state index is 10.4. The van der Waals surface area contributed by atoms with Crippen LogP contribution in [-0.2, 0) is 0 Å². The molecule has 0 bridgehead atoms. The van der Waals surface area contributed by atoms with E-state index in [2.05, 4.69) is 39.7 Å². The van der Waals surface area contributed by atoms with E-state index in [0.29, 0.717) is 18.5 Å². The van der Waals surface area contributed by atoms with Crippen LogP contribution in [0.5, 0.6) is 0 Å². The van der Waals surface area contributed by atoms with Crippen LogP contribution in [0.2, 0.25) is 0 Å². The molecule has 6 heteroatoms. The zero-order chi connectivity index (χ0) is 18.8. The molecule has 1 aliphatic rings. The molecule has 27 heavy (non-hydrogen) atoms. The first-order chi connectivity index (χ1) is 13.1. The highest BCUT2D eigenvalue weighted by Gasteiger charge is 2.24. The van der Waals surface area contributed by atoms with Gasteiger partial charge in [0.15, 0.2) is 0 Å². The zero-order valence-corrected chi connectivity index (χ0v) is 15.3. The molecule has 2 aromatic carbocycles. The van der Waals surface area contributed by atoms with Crippen molar-refractivity contribution in [2.24, 2.45) is 0 Å². The predicted octanol–water partition coefficient (Wildman–Crippen LogP) is 2.75. The monoisotopic (exact) mass is 364 g/mol. The quantitative estimate of drug-likeness (QED) is 0.482. The molecule has 0 radical (unpaired) electrons. The van der Waals surface area contributed by atoms with Gasteiger partial charge in [0.05, 0.1) is 12.1 Å². The highest BCUT2D eigenvalue weighted by Crippen LogP contribution is 2.30. The summed E-state index contributed by atoms with van der Waals surface area (Å²) in [6.07, 6.45) is 3.42. The van der Waals surface area contributed by atoms with Crippen molar-refractivity contribution < 1.29 is 10.2 Å². The molecule has 1 unspecified atom stereocenters. The Hall–Kier alpha value is -2.54. The van der Waals surface area contributed by atoms with Crippen LogP contribution in [0, 0.1) is 6.92 Å². The number of benzene rings is 2. The lowest BCUT2D eigenvalue weighted by molar-refractivity contribution is 0.137. The second-order valence-electron chi connectivity index (χ2n) is 7.04. The Bertz CT molecular complexity index is 956. The molecule has 1 saturated carbocycles. The molecule has 140 valence electrons. The Balaban J connectivity index is 1.64. The smallest absolute Gasteiger partial charge is 0.223 e. The Kier molecular flexibility index (Phi) is 5.03. The molecule has 4 N–H and O–H groups in total. The molecule has 1 fully saturated rings. The van der Waals surface area contributed by atoms with Crippen molar-refractivity contribution in [3.8, 4) is 11.1 Å². The number of anilines is 1. The first-order valence-corrected chi connectivity index (χ1v) is 9.30. The molecule has 1 heterocycles. The van der Waals surface area contributed by atoms with Crippen LogP contribution in [0.3, 0.4) is 0 Å². The van der Waals surface area contributed by atoms with Crippen molar-refractivity contribution in [2.45, 2.75) is 32.0 Å². The Morgan fingerprint density at radius 3 is 2.81 bits per heavy atom. The minimum absolute atomic E-state index is 0.0391. The number of nitrogens with zero attached hydrogens (tertiary/aromatic N) is 2. The van der Waals surface area contributed by atoms with Gasteiger partial charge in [-0.2, -0.15) is 0 Å². The van der Waals surface area contributed by atoms with Gasteiger partial charge in [0.25, 0.3) is 0 Å². The standard InChI is InChI=1S/C21H24N4O2/c1-13-2-3-15(20(27)24-17-5-6-17)11-18(13)14-4-7-19-16(10-14)12-23-21(25-19)22-8-9-26/h2-4,7,10-12,17,20,24,26-27H,5-6,8-9H2,1H3,(H,22,23,25). The molecule has 0 aliphatic heterocycles. The first kappa shape index (κ1) is 17.9. The van der Waals surface area contributed by atoms with Gasteiger partial charge in [-0.15, -0.1) is 0 Å². The molecular weight excluding hydrogens is 340 g/mol. The lowest BCUT2D eigenvalue weighted by Gasteiger charge is -2.15. The minimum atomic E-state index is -0.638. The maximum atomic E-state index is 10.4. The SMILES string of the molecule is Cc1ccc(C(O)NC2CC2)cc1-c1ccc2nc(NCCO)ncc2c1. The van der Waals surface area contributed by atoms with Crippen LogP contribution in [-0.4, -0.2) is 39.4 Å². The fourth-order valence-corrected chi connectivity index (χ4v) is 3.14. The van der Waals surface area contributed by atoms with Crippen LogP contribution >= 0.6 is 0 Å². The largest absolute Gasteiger partial charge is 0.395 e. The normalized spacial score (nSPS) is 15.1. The predicted molar refractivity (Wildman–Crippen MR) is 106 cm³/mol. The molecule has 0 saturated heterocycles. The molecule has 4 rings (SSSR count). The van der Waals surface area contributed by atoms with E-state index in [0.717, 1.165) is 46.0 Å². The molecule has 0 amide bonds. The molecular formula is C21H24N4O2. The molecule has 1 atom stereocenters. The van der Waals surface area contributed by atoms with Gasteiger partial charge in [-0.1, -0.05) is 18.2 Å². The summed E-state index contributed by atoms with van der Waals surface area (Å²) in [5.74, 6) is 0.511. The van der Waals surface area contributed by atoms with Crippen LogP contribution in [0.15, 0.2) is 42.6 Å². The summed E-state index contributed by atoms with van der Waals surface area (Å²) in [5, 5.41) is 26.5. The average Bonchev–Trinajstić information content (AvgIpc) is 3.50. The molecule has 3 aromatic rings. The molecule has 0 spiro atoms. The maximum Gasteiger partial charge on any atom is 0.223 e. The lowest BCUT2D eigenvalue weighted by atomic mass is 9.96. The summed E-state index contributed by atoms with van der Waals surface area (Å²) in [7, 11) is 0. The lowest BCUT2D eigenvalue weighted by Crippen LogP contribution is -2.22. The number of aryl methyl sites for hydroxylation is 1. The number of aliphatic hydroxyl groups is 2. The van der Waals surface area contributed by atoms with Crippen LogP contribution in [0.4, 0.5) is 5.95 Å². The number of nitrogens with one attached hydrogen (secondary N) is 2. The van der Waals surface area contributed by atoms with Crippen molar-refractivity contribution in [1.82, 2.24) is 15.3 Å². The number of fused-ring (bicyclic) bond motifs is 1. The van der Waals surface area contributed by atoms with E-state index in [1.54, 1.807) is 6.20 Å². The summed E-state index contributed by atoms with van der Waals surface area (Å²) in [4.78, 5) is 8.78. The highest BCUT2D eigenvalue weighted by atomic mass is 16.3. The molecule has 1 aromatic heterocycles. The average molecular weight is 364 g/mol. The fourth-order valence-electron chi connectivity index (χ4n) is 3.14. The van der Waals surface area contributed by atoms with Crippen molar-refractivity contribution in [3.05, 3.63) is 53.7 Å². The Morgan fingerprint density at radius 1 is 1.19 bits per heavy atom. The number of aromatic nitrogens is 2. The topological polar surface area (TPSA) is 90.3 Å². The van der Waals surface area contributed by atoms with Gasteiger partial charge < -0.3 is 15.5 Å². The first-order valence-electron chi connectivity index (χ1n) is 9.30. The third kappa shape index (κ3) is 4.08. The molecule has 6 nitrogen and oxygen atoms in total. The number of rotatable bonds is 7. The van der Waals surface area contributed by atoms with Crippen LogP contribution in [0.1, 0.15) is 30.2 Å². The summed E-state index contributed by atoms with van der Waals surface area (Å²) in [6, 6.07) is 12.6. The van der Waals surface area contributed by atoms with Crippen molar-refractivity contribution >= 4 is 16.9 Å². The Labute approximate surface area is 158 Å². The van der Waals surface area contributed by atoms with Crippen molar-refractivity contribution in [2.75, 3.05) is 18.5 Å². The summed E-state index contributed by atoms with van der Waals surface area (Å²) in [5.41, 5.74) is 5.04. The highest BCUT2D eigenvalue weighted by molar-refractivity contribution is 5.85. The van der Waals surface area contributed by atoms with E-state index in [9.17, 15) is 5.11 Å². The second-order valence-corrected chi connectivity index (χ2v) is 7.04. The third-order valence-corrected chi connectivity index (χ3v) is 4.83. The van der Waals surface area contributed by atoms with E-state index in [4.69, 9.17) is 5.11 Å². The van der Waals surface area contributed by atoms with E-state index in [1.807, 2.05) is 24.3 Å². The Morgan fingerprint density at radius 2 is 2.04 bits per heavy atom. The minimum Gasteiger partial charge on any atom is -0.395 e. The number of hydrogen-bond donors (Lipinski definition) is 4. The number of hydrogen-bond acceptors (Lipinski definition) is 6. The van der Waals surface area contributed by atoms with Crippen molar-refractivity contribution in [3.63, 3.8) is 0 Å². The molecule has 1 aliphatic carbocycles. The third-order valence-electron chi connectivity index (χ3n) is 4.83. The zero-order valence-electron chi connectivity index (χ0n) is 15.3. The second kappa shape index (κ2) is 7.60. The van der Waals surface area contributed by atoms with E-state index in [1.165, 1.54) is 0 Å². The van der Waals surface area contributed by atoms with Gasteiger partial charge in [0.1, 0.15) is 6.23 Å². The van der Waals surface area contributed by atoms with Gasteiger partial charge in [-0.25, -0.2) is 9.97 Å². The number of aliphatic hydroxyl groups excluding tert-OH is 2. The van der Waals surface area contributed by atoms with Gasteiger partial charge in [-0.05, 0) is 60.2 Å². The summed E-state index contributed by atoms with van der Waals surface area (Å²) >= 11 is 0. The van der Waals surface area contributed by atoms with Gasteiger partial charge in [0.2, 0.25) is 5.95 Å². The van der Waals surface area contributed by atoms with Gasteiger partial charge in [0, 0.05) is 24.2 Å². The van der Waals surface area contributed by atoms with Gasteiger partial charge >= 0.3 is 0 Å². The van der Waals surface area contributed by atoms with Crippen molar-refractivity contribution in [1.29, 1.82) is 0 Å². The van der Waals surface area contributed by atoms with E-state index in [-0.39, 0.29) is 6.61 Å². The fraction of sp³-hybridized carbons (Fsp3) is 0.333. The van der Waals surface area contributed by atoms with E-state index >= 15 is 0 Å². The summed E-state index contributed by atoms with van der Waals surface area (Å²) < 4.78 is 0.